The van der Waals surface area contributed by atoms with Crippen LogP contribution in [0.3, 0.4) is 0 Å². The Balaban J connectivity index is 2.81. The third-order valence-electron chi connectivity index (χ3n) is 2.21. The van der Waals surface area contributed by atoms with Crippen molar-refractivity contribution in [1.29, 1.82) is 0 Å². The summed E-state index contributed by atoms with van der Waals surface area (Å²) in [6.07, 6.45) is 2.71. The molecule has 17 heavy (non-hydrogen) atoms. The highest BCUT2D eigenvalue weighted by molar-refractivity contribution is 7.89. The van der Waals surface area contributed by atoms with Gasteiger partial charge in [-0.15, -0.1) is 0 Å². The SMILES string of the molecule is CCN(CCC(N)=NO)S(=O)(=O)c1cn[nH]c1. The van der Waals surface area contributed by atoms with Crippen molar-refractivity contribution in [2.75, 3.05) is 13.1 Å². The topological polar surface area (TPSA) is 125 Å². The molecule has 1 aromatic rings. The van der Waals surface area contributed by atoms with E-state index in [4.69, 9.17) is 10.9 Å². The second kappa shape index (κ2) is 5.64. The normalized spacial score (nSPS) is 13.2. The number of nitrogens with two attached hydrogens (primary N) is 1. The monoisotopic (exact) mass is 261 g/mol. The average Bonchev–Trinajstić information content (AvgIpc) is 2.83. The highest BCUT2D eigenvalue weighted by atomic mass is 32.2. The van der Waals surface area contributed by atoms with E-state index in [1.54, 1.807) is 6.92 Å². The molecule has 0 amide bonds. The highest BCUT2D eigenvalue weighted by Crippen LogP contribution is 2.13. The second-order valence-corrected chi connectivity index (χ2v) is 5.21. The summed E-state index contributed by atoms with van der Waals surface area (Å²) in [4.78, 5) is 0.0962. The lowest BCUT2D eigenvalue weighted by Crippen LogP contribution is -2.33. The minimum atomic E-state index is -3.56. The van der Waals surface area contributed by atoms with Gasteiger partial charge in [-0.1, -0.05) is 12.1 Å². The van der Waals surface area contributed by atoms with E-state index in [9.17, 15) is 8.42 Å². The van der Waals surface area contributed by atoms with Crippen molar-refractivity contribution in [2.24, 2.45) is 10.9 Å². The maximum atomic E-state index is 12.0. The van der Waals surface area contributed by atoms with Gasteiger partial charge < -0.3 is 10.9 Å². The van der Waals surface area contributed by atoms with Gasteiger partial charge in [0.2, 0.25) is 10.0 Å². The van der Waals surface area contributed by atoms with E-state index in [1.807, 2.05) is 0 Å². The zero-order valence-corrected chi connectivity index (χ0v) is 10.2. The molecule has 1 rings (SSSR count). The Labute approximate surface area is 99.2 Å². The predicted octanol–water partition coefficient (Wildman–Crippen LogP) is -0.443. The maximum Gasteiger partial charge on any atom is 0.246 e. The van der Waals surface area contributed by atoms with Crippen molar-refractivity contribution in [2.45, 2.75) is 18.2 Å². The molecule has 1 aromatic heterocycles. The number of oxime groups is 1. The summed E-state index contributed by atoms with van der Waals surface area (Å²) >= 11 is 0. The summed E-state index contributed by atoms with van der Waals surface area (Å²) in [6.45, 7) is 2.16. The Morgan fingerprint density at radius 2 is 2.41 bits per heavy atom. The van der Waals surface area contributed by atoms with Crippen LogP contribution in [-0.2, 0) is 10.0 Å². The molecule has 4 N–H and O–H groups in total. The fourth-order valence-electron chi connectivity index (χ4n) is 1.27. The van der Waals surface area contributed by atoms with Gasteiger partial charge in [-0.05, 0) is 0 Å². The number of hydrogen-bond acceptors (Lipinski definition) is 5. The molecule has 0 atom stereocenters. The van der Waals surface area contributed by atoms with Gasteiger partial charge in [0.15, 0.2) is 0 Å². The number of hydrogen-bond donors (Lipinski definition) is 3. The number of nitrogens with one attached hydrogen (secondary N) is 1. The van der Waals surface area contributed by atoms with E-state index < -0.39 is 10.0 Å². The van der Waals surface area contributed by atoms with Gasteiger partial charge in [0, 0.05) is 25.7 Å². The first-order chi connectivity index (χ1) is 8.02. The molecule has 0 aromatic carbocycles. The molecule has 0 unspecified atom stereocenters. The fraction of sp³-hybridized carbons (Fsp3) is 0.500. The minimum absolute atomic E-state index is 0.00848. The van der Waals surface area contributed by atoms with Gasteiger partial charge in [0.05, 0.1) is 6.20 Å². The molecule has 0 aliphatic rings. The molecule has 1 heterocycles. The number of aromatic amines is 1. The molecule has 0 spiro atoms. The van der Waals surface area contributed by atoms with Crippen LogP contribution in [0.4, 0.5) is 0 Å². The molecular formula is C8H15N5O3S. The van der Waals surface area contributed by atoms with E-state index in [1.165, 1.54) is 16.7 Å². The molecule has 0 aliphatic heterocycles. The smallest absolute Gasteiger partial charge is 0.246 e. The van der Waals surface area contributed by atoms with Crippen LogP contribution in [0, 0.1) is 0 Å². The first kappa shape index (κ1) is 13.5. The van der Waals surface area contributed by atoms with E-state index in [0.29, 0.717) is 6.54 Å². The van der Waals surface area contributed by atoms with E-state index in [2.05, 4.69) is 15.4 Å². The molecule has 9 heteroatoms. The van der Waals surface area contributed by atoms with E-state index in [-0.39, 0.29) is 23.7 Å². The lowest BCUT2D eigenvalue weighted by Gasteiger charge is -2.18. The Morgan fingerprint density at radius 1 is 1.71 bits per heavy atom. The molecule has 0 saturated heterocycles. The summed E-state index contributed by atoms with van der Waals surface area (Å²) in [7, 11) is -3.56. The first-order valence-corrected chi connectivity index (χ1v) is 6.41. The summed E-state index contributed by atoms with van der Waals surface area (Å²) in [5.74, 6) is -0.00848. The average molecular weight is 261 g/mol. The van der Waals surface area contributed by atoms with Crippen molar-refractivity contribution < 1.29 is 13.6 Å². The summed E-state index contributed by atoms with van der Waals surface area (Å²) in [5, 5.41) is 17.2. The zero-order chi connectivity index (χ0) is 12.9. The van der Waals surface area contributed by atoms with Crippen LogP contribution in [0.25, 0.3) is 0 Å². The quantitative estimate of drug-likeness (QED) is 0.277. The van der Waals surface area contributed by atoms with Crippen LogP contribution >= 0.6 is 0 Å². The van der Waals surface area contributed by atoms with Gasteiger partial charge in [0.25, 0.3) is 0 Å². The van der Waals surface area contributed by atoms with Gasteiger partial charge in [0.1, 0.15) is 10.7 Å². The largest absolute Gasteiger partial charge is 0.409 e. The summed E-state index contributed by atoms with van der Waals surface area (Å²) in [5.41, 5.74) is 5.30. The number of amidine groups is 1. The predicted molar refractivity (Wildman–Crippen MR) is 61.0 cm³/mol. The number of rotatable bonds is 6. The Bertz CT molecular complexity index is 467. The summed E-state index contributed by atoms with van der Waals surface area (Å²) < 4.78 is 25.3. The molecule has 8 nitrogen and oxygen atoms in total. The van der Waals surface area contributed by atoms with Gasteiger partial charge in [-0.3, -0.25) is 5.10 Å². The Hall–Kier alpha value is -1.61. The number of sulfonamides is 1. The lowest BCUT2D eigenvalue weighted by atomic mass is 10.4. The first-order valence-electron chi connectivity index (χ1n) is 4.97. The number of aromatic nitrogens is 2. The van der Waals surface area contributed by atoms with Crippen molar-refractivity contribution >= 4 is 15.9 Å². The van der Waals surface area contributed by atoms with Crippen LogP contribution in [-0.4, -0.2) is 47.1 Å². The van der Waals surface area contributed by atoms with Crippen molar-refractivity contribution in [3.63, 3.8) is 0 Å². The van der Waals surface area contributed by atoms with E-state index >= 15 is 0 Å². The number of H-pyrrole nitrogens is 1. The van der Waals surface area contributed by atoms with Crippen LogP contribution in [0.5, 0.6) is 0 Å². The van der Waals surface area contributed by atoms with Gasteiger partial charge in [-0.2, -0.15) is 9.40 Å². The molecular weight excluding hydrogens is 246 g/mol. The highest BCUT2D eigenvalue weighted by Gasteiger charge is 2.23. The van der Waals surface area contributed by atoms with Crippen LogP contribution in [0.1, 0.15) is 13.3 Å². The Kier molecular flexibility index (Phi) is 4.46. The Morgan fingerprint density at radius 3 is 2.88 bits per heavy atom. The minimum Gasteiger partial charge on any atom is -0.409 e. The number of nitrogens with zero attached hydrogens (tertiary/aromatic N) is 3. The maximum absolute atomic E-state index is 12.0. The van der Waals surface area contributed by atoms with Crippen LogP contribution in [0.15, 0.2) is 22.4 Å². The third kappa shape index (κ3) is 3.17. The van der Waals surface area contributed by atoms with Gasteiger partial charge in [-0.25, -0.2) is 8.42 Å². The zero-order valence-electron chi connectivity index (χ0n) is 9.37. The fourth-order valence-corrected chi connectivity index (χ4v) is 2.62. The van der Waals surface area contributed by atoms with Crippen LogP contribution < -0.4 is 5.73 Å². The van der Waals surface area contributed by atoms with Crippen LogP contribution in [0.2, 0.25) is 0 Å². The van der Waals surface area contributed by atoms with Crippen molar-refractivity contribution in [3.8, 4) is 0 Å². The standard InChI is InChI=1S/C8H15N5O3S/c1-2-13(4-3-8(9)12-14)17(15,16)7-5-10-11-6-7/h5-6,14H,2-4H2,1H3,(H2,9,12)(H,10,11). The van der Waals surface area contributed by atoms with Crippen molar-refractivity contribution in [3.05, 3.63) is 12.4 Å². The van der Waals surface area contributed by atoms with Crippen molar-refractivity contribution in [1.82, 2.24) is 14.5 Å². The molecule has 0 saturated carbocycles. The summed E-state index contributed by atoms with van der Waals surface area (Å²) in [6, 6.07) is 0. The molecule has 0 fully saturated rings. The van der Waals surface area contributed by atoms with Gasteiger partial charge >= 0.3 is 0 Å². The molecule has 0 bridgehead atoms. The van der Waals surface area contributed by atoms with E-state index in [0.717, 1.165) is 0 Å². The third-order valence-corrected chi connectivity index (χ3v) is 4.15. The molecule has 0 aliphatic carbocycles. The second-order valence-electron chi connectivity index (χ2n) is 3.27. The molecule has 0 radical (unpaired) electrons. The molecule has 96 valence electrons. The lowest BCUT2D eigenvalue weighted by molar-refractivity contribution is 0.315.